The standard InChI is InChI=1S/C14H22N2O2S/c1-11-10-19-14(15-11)12-5-4-8-16(9-12)7-3-2-6-13(17)18/h10,12H,2-9H2,1H3,(H,17,18). The predicted molar refractivity (Wildman–Crippen MR) is 76.8 cm³/mol. The summed E-state index contributed by atoms with van der Waals surface area (Å²) < 4.78 is 0. The Balaban J connectivity index is 1.76. The summed E-state index contributed by atoms with van der Waals surface area (Å²) in [5, 5.41) is 12.0. The number of unbranched alkanes of at least 4 members (excludes halogenated alkanes) is 1. The Morgan fingerprint density at radius 3 is 3.11 bits per heavy atom. The van der Waals surface area contributed by atoms with Crippen molar-refractivity contribution >= 4 is 17.3 Å². The topological polar surface area (TPSA) is 53.4 Å². The lowest BCUT2D eigenvalue weighted by molar-refractivity contribution is -0.137. The van der Waals surface area contributed by atoms with Gasteiger partial charge >= 0.3 is 5.97 Å². The number of aryl methyl sites for hydroxylation is 1. The first-order valence-electron chi connectivity index (χ1n) is 7.01. The van der Waals surface area contributed by atoms with E-state index in [0.717, 1.165) is 38.2 Å². The Morgan fingerprint density at radius 1 is 1.58 bits per heavy atom. The molecule has 1 aliphatic rings. The van der Waals surface area contributed by atoms with E-state index in [1.807, 2.05) is 6.92 Å². The maximum Gasteiger partial charge on any atom is 0.303 e. The average molecular weight is 282 g/mol. The molecule has 1 atom stereocenters. The van der Waals surface area contributed by atoms with Crippen molar-refractivity contribution in [3.05, 3.63) is 16.1 Å². The first-order valence-corrected chi connectivity index (χ1v) is 7.89. The van der Waals surface area contributed by atoms with Gasteiger partial charge < -0.3 is 10.0 Å². The predicted octanol–water partition coefficient (Wildman–Crippen LogP) is 2.89. The third kappa shape index (κ3) is 4.58. The van der Waals surface area contributed by atoms with Gasteiger partial charge in [0.1, 0.15) is 0 Å². The number of aliphatic carboxylic acids is 1. The number of carboxylic acid groups (broad SMARTS) is 1. The van der Waals surface area contributed by atoms with E-state index in [4.69, 9.17) is 5.11 Å². The molecule has 2 heterocycles. The quantitative estimate of drug-likeness (QED) is 0.815. The highest BCUT2D eigenvalue weighted by Crippen LogP contribution is 2.29. The molecule has 1 aromatic rings. The van der Waals surface area contributed by atoms with Crippen LogP contribution in [0.25, 0.3) is 0 Å². The van der Waals surface area contributed by atoms with Gasteiger partial charge in [-0.3, -0.25) is 4.79 Å². The molecule has 0 radical (unpaired) electrons. The van der Waals surface area contributed by atoms with E-state index in [1.54, 1.807) is 11.3 Å². The number of aromatic nitrogens is 1. The Hall–Kier alpha value is -0.940. The first-order chi connectivity index (χ1) is 9.15. The van der Waals surface area contributed by atoms with Crippen LogP contribution < -0.4 is 0 Å². The van der Waals surface area contributed by atoms with E-state index in [9.17, 15) is 4.79 Å². The summed E-state index contributed by atoms with van der Waals surface area (Å²) >= 11 is 1.77. The molecule has 106 valence electrons. The van der Waals surface area contributed by atoms with Crippen LogP contribution in [0.5, 0.6) is 0 Å². The number of thiazole rings is 1. The van der Waals surface area contributed by atoms with Gasteiger partial charge in [0.2, 0.25) is 0 Å². The van der Waals surface area contributed by atoms with Crippen LogP contribution in [0, 0.1) is 6.92 Å². The van der Waals surface area contributed by atoms with E-state index in [2.05, 4.69) is 15.3 Å². The van der Waals surface area contributed by atoms with Crippen LogP contribution in [0.4, 0.5) is 0 Å². The van der Waals surface area contributed by atoms with Gasteiger partial charge in [0.15, 0.2) is 0 Å². The summed E-state index contributed by atoms with van der Waals surface area (Å²) in [4.78, 5) is 17.5. The van der Waals surface area contributed by atoms with Crippen LogP contribution in [-0.4, -0.2) is 40.6 Å². The number of hydrogen-bond donors (Lipinski definition) is 1. The minimum atomic E-state index is -0.685. The molecular formula is C14H22N2O2S. The second kappa shape index (κ2) is 7.01. The zero-order valence-corrected chi connectivity index (χ0v) is 12.3. The number of hydrogen-bond acceptors (Lipinski definition) is 4. The van der Waals surface area contributed by atoms with Crippen molar-refractivity contribution in [3.63, 3.8) is 0 Å². The zero-order chi connectivity index (χ0) is 13.7. The molecule has 0 aromatic carbocycles. The van der Waals surface area contributed by atoms with E-state index in [1.165, 1.54) is 17.8 Å². The van der Waals surface area contributed by atoms with Gasteiger partial charge in [-0.15, -0.1) is 11.3 Å². The van der Waals surface area contributed by atoms with Crippen LogP contribution in [0.1, 0.15) is 48.7 Å². The molecule has 1 N–H and O–H groups in total. The molecule has 0 spiro atoms. The largest absolute Gasteiger partial charge is 0.481 e. The molecule has 1 unspecified atom stereocenters. The Bertz CT molecular complexity index is 419. The number of carboxylic acids is 1. The summed E-state index contributed by atoms with van der Waals surface area (Å²) in [5.74, 6) is -0.110. The van der Waals surface area contributed by atoms with Gasteiger partial charge in [0, 0.05) is 30.0 Å². The Kier molecular flexibility index (Phi) is 5.34. The molecule has 0 bridgehead atoms. The maximum absolute atomic E-state index is 10.5. The zero-order valence-electron chi connectivity index (χ0n) is 11.5. The maximum atomic E-state index is 10.5. The van der Waals surface area contributed by atoms with Gasteiger partial charge in [-0.1, -0.05) is 0 Å². The smallest absolute Gasteiger partial charge is 0.303 e. The van der Waals surface area contributed by atoms with Gasteiger partial charge in [-0.25, -0.2) is 4.98 Å². The molecule has 1 aromatic heterocycles. The van der Waals surface area contributed by atoms with Crippen LogP contribution in [0.2, 0.25) is 0 Å². The molecule has 1 fully saturated rings. The molecule has 4 nitrogen and oxygen atoms in total. The third-order valence-electron chi connectivity index (χ3n) is 3.61. The highest BCUT2D eigenvalue weighted by molar-refractivity contribution is 7.09. The molecule has 1 saturated heterocycles. The minimum absolute atomic E-state index is 0.295. The van der Waals surface area contributed by atoms with Gasteiger partial charge in [-0.2, -0.15) is 0 Å². The molecule has 0 saturated carbocycles. The van der Waals surface area contributed by atoms with E-state index >= 15 is 0 Å². The lowest BCUT2D eigenvalue weighted by Gasteiger charge is -2.31. The van der Waals surface area contributed by atoms with E-state index in [-0.39, 0.29) is 0 Å². The van der Waals surface area contributed by atoms with E-state index in [0.29, 0.717) is 12.3 Å². The fourth-order valence-electron chi connectivity index (χ4n) is 2.63. The molecule has 5 heteroatoms. The number of rotatable bonds is 6. The first kappa shape index (κ1) is 14.5. The average Bonchev–Trinajstić information content (AvgIpc) is 2.82. The number of likely N-dealkylation sites (tertiary alicyclic amines) is 1. The fraction of sp³-hybridized carbons (Fsp3) is 0.714. The third-order valence-corrected chi connectivity index (χ3v) is 4.73. The number of piperidine rings is 1. The molecule has 19 heavy (non-hydrogen) atoms. The van der Waals surface area contributed by atoms with Crippen molar-refractivity contribution in [2.24, 2.45) is 0 Å². The minimum Gasteiger partial charge on any atom is -0.481 e. The van der Waals surface area contributed by atoms with Crippen LogP contribution in [0.15, 0.2) is 5.38 Å². The second-order valence-corrected chi connectivity index (χ2v) is 6.21. The lowest BCUT2D eigenvalue weighted by atomic mass is 9.98. The summed E-state index contributed by atoms with van der Waals surface area (Å²) in [6.45, 7) is 5.30. The van der Waals surface area contributed by atoms with Crippen molar-refractivity contribution in [1.29, 1.82) is 0 Å². The van der Waals surface area contributed by atoms with Crippen molar-refractivity contribution in [2.75, 3.05) is 19.6 Å². The molecule has 1 aliphatic heterocycles. The van der Waals surface area contributed by atoms with Crippen molar-refractivity contribution in [3.8, 4) is 0 Å². The summed E-state index contributed by atoms with van der Waals surface area (Å²) in [5.41, 5.74) is 1.12. The second-order valence-electron chi connectivity index (χ2n) is 5.32. The molecule has 0 aliphatic carbocycles. The molecule has 2 rings (SSSR count). The van der Waals surface area contributed by atoms with Gasteiger partial charge in [0.25, 0.3) is 0 Å². The summed E-state index contributed by atoms with van der Waals surface area (Å²) in [6, 6.07) is 0. The van der Waals surface area contributed by atoms with Crippen molar-refractivity contribution < 1.29 is 9.90 Å². The summed E-state index contributed by atoms with van der Waals surface area (Å²) in [7, 11) is 0. The Morgan fingerprint density at radius 2 is 2.42 bits per heavy atom. The highest BCUT2D eigenvalue weighted by atomic mass is 32.1. The van der Waals surface area contributed by atoms with Crippen LogP contribution >= 0.6 is 11.3 Å². The lowest BCUT2D eigenvalue weighted by Crippen LogP contribution is -2.35. The van der Waals surface area contributed by atoms with Crippen molar-refractivity contribution in [1.82, 2.24) is 9.88 Å². The normalized spacial score (nSPS) is 20.6. The van der Waals surface area contributed by atoms with Gasteiger partial charge in [0.05, 0.1) is 5.01 Å². The highest BCUT2D eigenvalue weighted by Gasteiger charge is 2.23. The van der Waals surface area contributed by atoms with E-state index < -0.39 is 5.97 Å². The molecule has 0 amide bonds. The van der Waals surface area contributed by atoms with Crippen LogP contribution in [-0.2, 0) is 4.79 Å². The monoisotopic (exact) mass is 282 g/mol. The molecular weight excluding hydrogens is 260 g/mol. The number of carbonyl (C=O) groups is 1. The van der Waals surface area contributed by atoms with Crippen molar-refractivity contribution in [2.45, 2.75) is 44.9 Å². The Labute approximate surface area is 118 Å². The van der Waals surface area contributed by atoms with Gasteiger partial charge in [-0.05, 0) is 45.7 Å². The number of nitrogens with zero attached hydrogens (tertiary/aromatic N) is 2. The summed E-state index contributed by atoms with van der Waals surface area (Å²) in [6.07, 6.45) is 4.52. The van der Waals surface area contributed by atoms with Crippen LogP contribution in [0.3, 0.4) is 0 Å². The SMILES string of the molecule is Cc1csc(C2CCCN(CCCCC(=O)O)C2)n1. The fourth-order valence-corrected chi connectivity index (χ4v) is 3.56.